The second kappa shape index (κ2) is 11.0. The fourth-order valence-electron chi connectivity index (χ4n) is 1.25. The number of hydrogen-bond acceptors (Lipinski definition) is 1. The first kappa shape index (κ1) is 16.9. The summed E-state index contributed by atoms with van der Waals surface area (Å²) in [4.78, 5) is 11.7. The van der Waals surface area contributed by atoms with Crippen molar-refractivity contribution < 1.29 is 4.79 Å². The molecule has 100 valence electrons. The Kier molecular flexibility index (Phi) is 9.73. The Labute approximate surface area is 116 Å². The standard InChI is InChI=1S/C18H22O/c1-5-9-11-17(8-4)13-15-18(19)14-12-16(7-3)10-6-2/h5-15H,4H2,1-3H3/b9-5-,10-6-,14-12+,15-13+,16-7+,17-11+. The van der Waals surface area contributed by atoms with Crippen LogP contribution in [0.5, 0.6) is 0 Å². The second-order valence-electron chi connectivity index (χ2n) is 3.75. The van der Waals surface area contributed by atoms with Crippen LogP contribution < -0.4 is 0 Å². The first-order chi connectivity index (χ1) is 9.17. The van der Waals surface area contributed by atoms with Crippen LogP contribution in [0.2, 0.25) is 0 Å². The molecule has 0 aliphatic heterocycles. The van der Waals surface area contributed by atoms with Gasteiger partial charge in [0.2, 0.25) is 0 Å². The highest BCUT2D eigenvalue weighted by atomic mass is 16.1. The Morgan fingerprint density at radius 2 is 1.47 bits per heavy atom. The van der Waals surface area contributed by atoms with Crippen molar-refractivity contribution in [2.24, 2.45) is 0 Å². The van der Waals surface area contributed by atoms with Crippen LogP contribution in [0, 0.1) is 0 Å². The van der Waals surface area contributed by atoms with Gasteiger partial charge in [-0.05, 0) is 44.1 Å². The summed E-state index contributed by atoms with van der Waals surface area (Å²) in [6.45, 7) is 9.53. The summed E-state index contributed by atoms with van der Waals surface area (Å²) in [5, 5.41) is 0. The van der Waals surface area contributed by atoms with E-state index in [1.807, 2.05) is 57.2 Å². The summed E-state index contributed by atoms with van der Waals surface area (Å²) in [6, 6.07) is 0. The second-order valence-corrected chi connectivity index (χ2v) is 3.75. The van der Waals surface area contributed by atoms with Gasteiger partial charge >= 0.3 is 0 Å². The summed E-state index contributed by atoms with van der Waals surface area (Å²) in [6.07, 6.45) is 19.9. The molecular weight excluding hydrogens is 232 g/mol. The number of ketones is 1. The molecule has 0 saturated carbocycles. The molecule has 0 heterocycles. The van der Waals surface area contributed by atoms with Crippen molar-refractivity contribution >= 4 is 5.78 Å². The minimum absolute atomic E-state index is 0.0444. The maximum atomic E-state index is 11.7. The molecule has 0 amide bonds. The fraction of sp³-hybridized carbons (Fsp3) is 0.167. The summed E-state index contributed by atoms with van der Waals surface area (Å²) >= 11 is 0. The lowest BCUT2D eigenvalue weighted by Crippen LogP contribution is -1.86. The van der Waals surface area contributed by atoms with Crippen molar-refractivity contribution in [3.05, 3.63) is 84.6 Å². The van der Waals surface area contributed by atoms with E-state index in [1.54, 1.807) is 24.3 Å². The smallest absolute Gasteiger partial charge is 0.178 e. The lowest BCUT2D eigenvalue weighted by atomic mass is 10.1. The van der Waals surface area contributed by atoms with E-state index in [9.17, 15) is 4.79 Å². The lowest BCUT2D eigenvalue weighted by molar-refractivity contribution is -0.110. The fourth-order valence-corrected chi connectivity index (χ4v) is 1.25. The van der Waals surface area contributed by atoms with Crippen molar-refractivity contribution in [1.82, 2.24) is 0 Å². The molecule has 1 heteroatoms. The molecule has 1 nitrogen and oxygen atoms in total. The van der Waals surface area contributed by atoms with E-state index < -0.39 is 0 Å². The normalized spacial score (nSPS) is 14.3. The van der Waals surface area contributed by atoms with E-state index in [2.05, 4.69) is 6.58 Å². The third-order valence-electron chi connectivity index (χ3n) is 2.29. The number of hydrogen-bond donors (Lipinski definition) is 0. The first-order valence-corrected chi connectivity index (χ1v) is 6.32. The van der Waals surface area contributed by atoms with Crippen molar-refractivity contribution in [1.29, 1.82) is 0 Å². The Balaban J connectivity index is 4.70. The van der Waals surface area contributed by atoms with Gasteiger partial charge < -0.3 is 0 Å². The molecule has 0 radical (unpaired) electrons. The molecule has 0 rings (SSSR count). The maximum Gasteiger partial charge on any atom is 0.178 e. The molecule has 0 aliphatic rings. The Hall–Kier alpha value is -2.15. The predicted octanol–water partition coefficient (Wildman–Crippen LogP) is 4.88. The zero-order chi connectivity index (χ0) is 14.5. The summed E-state index contributed by atoms with van der Waals surface area (Å²) in [5.74, 6) is -0.0444. The molecule has 0 unspecified atom stereocenters. The highest BCUT2D eigenvalue weighted by molar-refractivity contribution is 5.99. The highest BCUT2D eigenvalue weighted by Gasteiger charge is 1.90. The van der Waals surface area contributed by atoms with Crippen molar-refractivity contribution in [3.8, 4) is 0 Å². The van der Waals surface area contributed by atoms with Gasteiger partial charge in [0, 0.05) is 0 Å². The van der Waals surface area contributed by atoms with Crippen molar-refractivity contribution in [2.75, 3.05) is 0 Å². The predicted molar refractivity (Wildman–Crippen MR) is 85.0 cm³/mol. The lowest BCUT2D eigenvalue weighted by Gasteiger charge is -1.91. The largest absolute Gasteiger partial charge is 0.290 e. The molecule has 0 atom stereocenters. The van der Waals surface area contributed by atoms with Crippen LogP contribution in [0.4, 0.5) is 0 Å². The van der Waals surface area contributed by atoms with E-state index >= 15 is 0 Å². The average molecular weight is 254 g/mol. The number of rotatable bonds is 7. The van der Waals surface area contributed by atoms with Crippen LogP contribution in [0.3, 0.4) is 0 Å². The molecule has 0 saturated heterocycles. The molecule has 0 N–H and O–H groups in total. The van der Waals surface area contributed by atoms with E-state index in [0.717, 1.165) is 11.1 Å². The third-order valence-corrected chi connectivity index (χ3v) is 2.29. The Morgan fingerprint density at radius 1 is 0.842 bits per heavy atom. The van der Waals surface area contributed by atoms with Gasteiger partial charge in [0.25, 0.3) is 0 Å². The van der Waals surface area contributed by atoms with Crippen LogP contribution in [-0.4, -0.2) is 5.78 Å². The zero-order valence-corrected chi connectivity index (χ0v) is 12.0. The Bertz CT molecular complexity index is 466. The minimum Gasteiger partial charge on any atom is -0.290 e. The summed E-state index contributed by atoms with van der Waals surface area (Å²) < 4.78 is 0. The topological polar surface area (TPSA) is 17.1 Å². The minimum atomic E-state index is -0.0444. The molecule has 0 spiro atoms. The molecule has 0 aromatic carbocycles. The molecule has 0 bridgehead atoms. The molecule has 0 fully saturated rings. The molecule has 0 aliphatic carbocycles. The number of allylic oxidation sites excluding steroid dienone is 13. The SMILES string of the molecule is C=CC(/C=C/C(=O)/C=C/C(/C=C\C)=C/C)=C\C=C/C. The van der Waals surface area contributed by atoms with Crippen LogP contribution in [0.1, 0.15) is 20.8 Å². The highest BCUT2D eigenvalue weighted by Crippen LogP contribution is 2.02. The quantitative estimate of drug-likeness (QED) is 0.467. The first-order valence-electron chi connectivity index (χ1n) is 6.32. The molecule has 0 aromatic rings. The number of carbonyl (C=O) groups excluding carboxylic acids is 1. The van der Waals surface area contributed by atoms with Gasteiger partial charge in [0.05, 0.1) is 0 Å². The van der Waals surface area contributed by atoms with Gasteiger partial charge in [0.15, 0.2) is 5.78 Å². The van der Waals surface area contributed by atoms with Crippen molar-refractivity contribution in [2.45, 2.75) is 20.8 Å². The van der Waals surface area contributed by atoms with Gasteiger partial charge in [-0.2, -0.15) is 0 Å². The zero-order valence-electron chi connectivity index (χ0n) is 12.0. The third kappa shape index (κ3) is 8.56. The van der Waals surface area contributed by atoms with Gasteiger partial charge in [-0.1, -0.05) is 61.3 Å². The van der Waals surface area contributed by atoms with Gasteiger partial charge in [-0.15, -0.1) is 0 Å². The maximum absolute atomic E-state index is 11.7. The monoisotopic (exact) mass is 254 g/mol. The van der Waals surface area contributed by atoms with Crippen LogP contribution in [0.25, 0.3) is 0 Å². The van der Waals surface area contributed by atoms with Gasteiger partial charge in [0.1, 0.15) is 0 Å². The van der Waals surface area contributed by atoms with Crippen LogP contribution in [-0.2, 0) is 4.79 Å². The van der Waals surface area contributed by atoms with E-state index in [4.69, 9.17) is 0 Å². The Morgan fingerprint density at radius 3 is 1.95 bits per heavy atom. The van der Waals surface area contributed by atoms with E-state index in [0.29, 0.717) is 0 Å². The van der Waals surface area contributed by atoms with Gasteiger partial charge in [-0.3, -0.25) is 4.79 Å². The average Bonchev–Trinajstić information content (AvgIpc) is 2.43. The molecular formula is C18H22O. The van der Waals surface area contributed by atoms with Crippen molar-refractivity contribution in [3.63, 3.8) is 0 Å². The number of carbonyl (C=O) groups is 1. The molecule has 0 aromatic heterocycles. The van der Waals surface area contributed by atoms with E-state index in [-0.39, 0.29) is 5.78 Å². The summed E-state index contributed by atoms with van der Waals surface area (Å²) in [7, 11) is 0. The van der Waals surface area contributed by atoms with Crippen LogP contribution in [0.15, 0.2) is 84.6 Å². The summed E-state index contributed by atoms with van der Waals surface area (Å²) in [5.41, 5.74) is 1.91. The molecule has 19 heavy (non-hydrogen) atoms. The van der Waals surface area contributed by atoms with E-state index in [1.165, 1.54) is 6.08 Å². The van der Waals surface area contributed by atoms with Crippen LogP contribution >= 0.6 is 0 Å². The van der Waals surface area contributed by atoms with Gasteiger partial charge in [-0.25, -0.2) is 0 Å².